The molecule has 0 fully saturated rings. The molecule has 0 N–H and O–H groups in total. The second kappa shape index (κ2) is 5.14. The van der Waals surface area contributed by atoms with Gasteiger partial charge in [0.25, 0.3) is 0 Å². The van der Waals surface area contributed by atoms with Crippen LogP contribution in [-0.2, 0) is 0 Å². The summed E-state index contributed by atoms with van der Waals surface area (Å²) in [6, 6.07) is 5.58. The van der Waals surface area contributed by atoms with Crippen LogP contribution in [0.2, 0.25) is 0 Å². The lowest BCUT2D eigenvalue weighted by molar-refractivity contribution is 0.425. The molecule has 0 radical (unpaired) electrons. The third-order valence-corrected chi connectivity index (χ3v) is 1.48. The molecule has 2 heteroatoms. The van der Waals surface area contributed by atoms with Gasteiger partial charge in [-0.3, -0.25) is 0 Å². The molecule has 0 amide bonds. The van der Waals surface area contributed by atoms with Crippen molar-refractivity contribution >= 4 is 0 Å². The molecule has 1 rings (SSSR count). The van der Waals surface area contributed by atoms with Crippen LogP contribution >= 0.6 is 0 Å². The standard InChI is InChI=1S/C11H13NO/c1-3-7-10(4-2)13-11-8-5-6-9-12-11/h3-9H,1-2H3/b7-3-,10-4+. The molecule has 0 saturated heterocycles. The number of aromatic nitrogens is 1. The SMILES string of the molecule is C/C=C\C(=C/C)Oc1ccccn1. The quantitative estimate of drug-likeness (QED) is 0.520. The van der Waals surface area contributed by atoms with Crippen LogP contribution in [-0.4, -0.2) is 4.98 Å². The Bertz CT molecular complexity index is 301. The molecule has 0 saturated carbocycles. The van der Waals surface area contributed by atoms with Gasteiger partial charge in [0.15, 0.2) is 0 Å². The monoisotopic (exact) mass is 175 g/mol. The van der Waals surface area contributed by atoms with Crippen molar-refractivity contribution in [2.45, 2.75) is 13.8 Å². The topological polar surface area (TPSA) is 22.1 Å². The summed E-state index contributed by atoms with van der Waals surface area (Å²) in [7, 11) is 0. The average Bonchev–Trinajstić information content (AvgIpc) is 2.19. The van der Waals surface area contributed by atoms with Crippen molar-refractivity contribution in [3.05, 3.63) is 48.4 Å². The van der Waals surface area contributed by atoms with Gasteiger partial charge in [0, 0.05) is 12.3 Å². The smallest absolute Gasteiger partial charge is 0.219 e. The summed E-state index contributed by atoms with van der Waals surface area (Å²) in [5, 5.41) is 0. The Hall–Kier alpha value is -1.57. The van der Waals surface area contributed by atoms with Gasteiger partial charge in [0.1, 0.15) is 5.76 Å². The Kier molecular flexibility index (Phi) is 3.76. The van der Waals surface area contributed by atoms with E-state index in [-0.39, 0.29) is 0 Å². The first kappa shape index (κ1) is 9.52. The summed E-state index contributed by atoms with van der Waals surface area (Å²) in [6.45, 7) is 3.88. The van der Waals surface area contributed by atoms with Gasteiger partial charge in [0.2, 0.25) is 5.88 Å². The number of allylic oxidation sites excluding steroid dienone is 3. The Morgan fingerprint density at radius 2 is 2.23 bits per heavy atom. The Balaban J connectivity index is 2.68. The van der Waals surface area contributed by atoms with Gasteiger partial charge >= 0.3 is 0 Å². The van der Waals surface area contributed by atoms with E-state index in [1.165, 1.54) is 0 Å². The summed E-state index contributed by atoms with van der Waals surface area (Å²) in [4.78, 5) is 4.05. The summed E-state index contributed by atoms with van der Waals surface area (Å²) >= 11 is 0. The summed E-state index contributed by atoms with van der Waals surface area (Å²) < 4.78 is 5.47. The minimum atomic E-state index is 0.619. The van der Waals surface area contributed by atoms with E-state index < -0.39 is 0 Å². The van der Waals surface area contributed by atoms with Gasteiger partial charge in [-0.15, -0.1) is 0 Å². The van der Waals surface area contributed by atoms with Crippen LogP contribution in [0.5, 0.6) is 5.88 Å². The Morgan fingerprint density at radius 3 is 2.77 bits per heavy atom. The van der Waals surface area contributed by atoms with Gasteiger partial charge in [-0.05, 0) is 32.1 Å². The largest absolute Gasteiger partial charge is 0.439 e. The lowest BCUT2D eigenvalue weighted by Crippen LogP contribution is -1.93. The third-order valence-electron chi connectivity index (χ3n) is 1.48. The molecular weight excluding hydrogens is 162 g/mol. The molecular formula is C11H13NO. The van der Waals surface area contributed by atoms with Crippen molar-refractivity contribution in [1.29, 1.82) is 0 Å². The molecule has 1 aromatic heterocycles. The predicted octanol–water partition coefficient (Wildman–Crippen LogP) is 2.94. The molecule has 2 nitrogen and oxygen atoms in total. The lowest BCUT2D eigenvalue weighted by atomic mass is 10.4. The molecule has 68 valence electrons. The van der Waals surface area contributed by atoms with Crippen LogP contribution in [0.25, 0.3) is 0 Å². The molecule has 0 bridgehead atoms. The van der Waals surface area contributed by atoms with Crippen molar-refractivity contribution in [3.8, 4) is 5.88 Å². The van der Waals surface area contributed by atoms with Crippen LogP contribution in [0.3, 0.4) is 0 Å². The molecule has 0 atom stereocenters. The Labute approximate surface area is 78.6 Å². The summed E-state index contributed by atoms with van der Waals surface area (Å²) in [5.74, 6) is 1.43. The van der Waals surface area contributed by atoms with Crippen molar-refractivity contribution in [2.75, 3.05) is 0 Å². The molecule has 0 aliphatic rings. The number of rotatable bonds is 3. The molecule has 1 heterocycles. The van der Waals surface area contributed by atoms with Crippen molar-refractivity contribution in [3.63, 3.8) is 0 Å². The molecule has 13 heavy (non-hydrogen) atoms. The van der Waals surface area contributed by atoms with Gasteiger partial charge in [-0.25, -0.2) is 4.98 Å². The van der Waals surface area contributed by atoms with Crippen molar-refractivity contribution in [2.24, 2.45) is 0 Å². The first-order chi connectivity index (χ1) is 6.36. The fourth-order valence-electron chi connectivity index (χ4n) is 0.882. The van der Waals surface area contributed by atoms with Gasteiger partial charge < -0.3 is 4.74 Å². The molecule has 0 unspecified atom stereocenters. The highest BCUT2D eigenvalue weighted by Crippen LogP contribution is 2.09. The number of hydrogen-bond acceptors (Lipinski definition) is 2. The average molecular weight is 175 g/mol. The fraction of sp³-hybridized carbons (Fsp3) is 0.182. The first-order valence-corrected chi connectivity index (χ1v) is 4.24. The second-order valence-corrected chi connectivity index (χ2v) is 2.46. The van der Waals surface area contributed by atoms with E-state index in [1.807, 2.05) is 50.3 Å². The van der Waals surface area contributed by atoms with E-state index in [4.69, 9.17) is 4.74 Å². The van der Waals surface area contributed by atoms with E-state index >= 15 is 0 Å². The zero-order chi connectivity index (χ0) is 9.52. The zero-order valence-electron chi connectivity index (χ0n) is 7.90. The van der Waals surface area contributed by atoms with E-state index in [0.717, 1.165) is 5.76 Å². The molecule has 0 spiro atoms. The Morgan fingerprint density at radius 1 is 1.38 bits per heavy atom. The number of pyridine rings is 1. The molecule has 0 aliphatic heterocycles. The van der Waals surface area contributed by atoms with Gasteiger partial charge in [-0.2, -0.15) is 0 Å². The van der Waals surface area contributed by atoms with Crippen LogP contribution < -0.4 is 4.74 Å². The molecule has 1 aromatic rings. The lowest BCUT2D eigenvalue weighted by Gasteiger charge is -2.03. The minimum Gasteiger partial charge on any atom is -0.439 e. The highest BCUT2D eigenvalue weighted by molar-refractivity contribution is 5.18. The third kappa shape index (κ3) is 3.11. The van der Waals surface area contributed by atoms with Crippen LogP contribution in [0, 0.1) is 0 Å². The summed E-state index contributed by atoms with van der Waals surface area (Å²) in [5.41, 5.74) is 0. The highest BCUT2D eigenvalue weighted by atomic mass is 16.5. The van der Waals surface area contributed by atoms with Crippen LogP contribution in [0.4, 0.5) is 0 Å². The normalized spacial score (nSPS) is 12.0. The number of ether oxygens (including phenoxy) is 1. The zero-order valence-corrected chi connectivity index (χ0v) is 7.90. The minimum absolute atomic E-state index is 0.619. The molecule has 0 aromatic carbocycles. The maximum atomic E-state index is 5.47. The molecule has 0 aliphatic carbocycles. The highest BCUT2D eigenvalue weighted by Gasteiger charge is 1.94. The van der Waals surface area contributed by atoms with Gasteiger partial charge in [0.05, 0.1) is 0 Å². The first-order valence-electron chi connectivity index (χ1n) is 4.24. The number of hydrogen-bond donors (Lipinski definition) is 0. The number of nitrogens with zero attached hydrogens (tertiary/aromatic N) is 1. The van der Waals surface area contributed by atoms with Crippen LogP contribution in [0.15, 0.2) is 48.4 Å². The van der Waals surface area contributed by atoms with Crippen molar-refractivity contribution in [1.82, 2.24) is 4.98 Å². The van der Waals surface area contributed by atoms with Crippen LogP contribution in [0.1, 0.15) is 13.8 Å². The van der Waals surface area contributed by atoms with Gasteiger partial charge in [-0.1, -0.05) is 12.1 Å². The van der Waals surface area contributed by atoms with Crippen molar-refractivity contribution < 1.29 is 4.74 Å². The fourth-order valence-corrected chi connectivity index (χ4v) is 0.882. The maximum absolute atomic E-state index is 5.47. The van der Waals surface area contributed by atoms with E-state index in [1.54, 1.807) is 6.20 Å². The maximum Gasteiger partial charge on any atom is 0.219 e. The predicted molar refractivity (Wildman–Crippen MR) is 53.4 cm³/mol. The van der Waals surface area contributed by atoms with E-state index in [0.29, 0.717) is 5.88 Å². The summed E-state index contributed by atoms with van der Waals surface area (Å²) in [6.07, 6.45) is 7.43. The van der Waals surface area contributed by atoms with E-state index in [2.05, 4.69) is 4.98 Å². The second-order valence-electron chi connectivity index (χ2n) is 2.46. The van der Waals surface area contributed by atoms with E-state index in [9.17, 15) is 0 Å².